The molecule has 0 bridgehead atoms. The number of aryl methyl sites for hydroxylation is 1. The molecule has 0 atom stereocenters. The summed E-state index contributed by atoms with van der Waals surface area (Å²) in [5, 5.41) is 9.57. The van der Waals surface area contributed by atoms with Gasteiger partial charge in [0.1, 0.15) is 5.60 Å². The fourth-order valence-corrected chi connectivity index (χ4v) is 1.32. The number of hydrogen-bond donors (Lipinski definition) is 1. The van der Waals surface area contributed by atoms with E-state index in [4.69, 9.17) is 4.74 Å². The lowest BCUT2D eigenvalue weighted by Crippen LogP contribution is -2.14. The lowest BCUT2D eigenvalue weighted by molar-refractivity contribution is 0.0526. The number of benzene rings is 1. The van der Waals surface area contributed by atoms with E-state index in [-0.39, 0.29) is 5.97 Å². The molecule has 96 valence electrons. The van der Waals surface area contributed by atoms with E-state index in [2.05, 4.69) is 11.8 Å². The molecule has 0 heterocycles. The third kappa shape index (κ3) is 4.23. The van der Waals surface area contributed by atoms with Crippen LogP contribution in [0.3, 0.4) is 0 Å². The van der Waals surface area contributed by atoms with Crippen LogP contribution in [0.1, 0.15) is 42.3 Å². The van der Waals surface area contributed by atoms with E-state index in [1.165, 1.54) is 0 Å². The Balaban J connectivity index is 3.08. The van der Waals surface area contributed by atoms with Crippen molar-refractivity contribution in [3.63, 3.8) is 0 Å². The van der Waals surface area contributed by atoms with Gasteiger partial charge in [0.2, 0.25) is 0 Å². The standard InChI is InChI=1S/C15H18O3/c1-5-18-14(16)13-7-6-11(2)12(10-13)8-9-15(3,4)17/h6-7,10,17H,5H2,1-4H3. The van der Waals surface area contributed by atoms with Crippen LogP contribution in [0, 0.1) is 18.8 Å². The second-order valence-electron chi connectivity index (χ2n) is 4.56. The molecule has 0 spiro atoms. The maximum atomic E-state index is 11.6. The summed E-state index contributed by atoms with van der Waals surface area (Å²) in [4.78, 5) is 11.6. The Kier molecular flexibility index (Phi) is 4.52. The molecule has 1 N–H and O–H groups in total. The first-order chi connectivity index (χ1) is 8.33. The Morgan fingerprint density at radius 2 is 2.11 bits per heavy atom. The van der Waals surface area contributed by atoms with E-state index in [1.807, 2.05) is 13.0 Å². The van der Waals surface area contributed by atoms with Gasteiger partial charge in [0, 0.05) is 5.56 Å². The molecule has 0 amide bonds. The summed E-state index contributed by atoms with van der Waals surface area (Å²) < 4.78 is 4.93. The van der Waals surface area contributed by atoms with Gasteiger partial charge in [-0.2, -0.15) is 0 Å². The summed E-state index contributed by atoms with van der Waals surface area (Å²) in [5.41, 5.74) is 1.11. The van der Waals surface area contributed by atoms with Crippen LogP contribution >= 0.6 is 0 Å². The quantitative estimate of drug-likeness (QED) is 0.643. The smallest absolute Gasteiger partial charge is 0.338 e. The van der Waals surface area contributed by atoms with Crippen molar-refractivity contribution in [1.82, 2.24) is 0 Å². The van der Waals surface area contributed by atoms with Crippen molar-refractivity contribution >= 4 is 5.97 Å². The van der Waals surface area contributed by atoms with Crippen molar-refractivity contribution in [3.8, 4) is 11.8 Å². The molecule has 3 nitrogen and oxygen atoms in total. The van der Waals surface area contributed by atoms with E-state index in [9.17, 15) is 9.90 Å². The Bertz CT molecular complexity index is 499. The van der Waals surface area contributed by atoms with Crippen LogP contribution in [0.5, 0.6) is 0 Å². The number of rotatable bonds is 2. The maximum absolute atomic E-state index is 11.6. The van der Waals surface area contributed by atoms with Crippen LogP contribution in [-0.4, -0.2) is 23.3 Å². The van der Waals surface area contributed by atoms with Crippen molar-refractivity contribution < 1.29 is 14.6 Å². The molecule has 0 aliphatic heterocycles. The van der Waals surface area contributed by atoms with Crippen molar-refractivity contribution in [1.29, 1.82) is 0 Å². The predicted molar refractivity (Wildman–Crippen MR) is 70.3 cm³/mol. The second-order valence-corrected chi connectivity index (χ2v) is 4.56. The van der Waals surface area contributed by atoms with Gasteiger partial charge < -0.3 is 9.84 Å². The van der Waals surface area contributed by atoms with Crippen LogP contribution in [0.4, 0.5) is 0 Å². The highest BCUT2D eigenvalue weighted by atomic mass is 16.5. The Morgan fingerprint density at radius 3 is 2.67 bits per heavy atom. The molecule has 0 radical (unpaired) electrons. The molecular formula is C15H18O3. The van der Waals surface area contributed by atoms with Gasteiger partial charge in [0.25, 0.3) is 0 Å². The van der Waals surface area contributed by atoms with Crippen molar-refractivity contribution in [2.45, 2.75) is 33.3 Å². The maximum Gasteiger partial charge on any atom is 0.338 e. The molecule has 3 heteroatoms. The third-order valence-electron chi connectivity index (χ3n) is 2.25. The Labute approximate surface area is 108 Å². The summed E-state index contributed by atoms with van der Waals surface area (Å²) >= 11 is 0. The molecule has 0 aliphatic rings. The summed E-state index contributed by atoms with van der Waals surface area (Å²) in [6.45, 7) is 7.25. The molecule has 0 aliphatic carbocycles. The Hall–Kier alpha value is -1.79. The molecule has 0 saturated carbocycles. The molecule has 1 rings (SSSR count). The van der Waals surface area contributed by atoms with E-state index >= 15 is 0 Å². The highest BCUT2D eigenvalue weighted by Crippen LogP contribution is 2.12. The van der Waals surface area contributed by atoms with Crippen molar-refractivity contribution in [2.24, 2.45) is 0 Å². The first-order valence-electron chi connectivity index (χ1n) is 5.87. The molecule has 0 fully saturated rings. The molecule has 0 saturated heterocycles. The van der Waals surface area contributed by atoms with Gasteiger partial charge in [-0.05, 0) is 45.4 Å². The van der Waals surface area contributed by atoms with Crippen LogP contribution in [0.15, 0.2) is 18.2 Å². The molecule has 18 heavy (non-hydrogen) atoms. The second kappa shape index (κ2) is 5.70. The zero-order valence-electron chi connectivity index (χ0n) is 11.2. The van der Waals surface area contributed by atoms with E-state index in [0.717, 1.165) is 11.1 Å². The monoisotopic (exact) mass is 246 g/mol. The number of aliphatic hydroxyl groups is 1. The number of ether oxygens (including phenoxy) is 1. The van der Waals surface area contributed by atoms with E-state index in [1.54, 1.807) is 32.9 Å². The van der Waals surface area contributed by atoms with Crippen LogP contribution in [0.2, 0.25) is 0 Å². The number of carbonyl (C=O) groups is 1. The van der Waals surface area contributed by atoms with E-state index in [0.29, 0.717) is 12.2 Å². The minimum atomic E-state index is -1.05. The topological polar surface area (TPSA) is 46.5 Å². The predicted octanol–water partition coefficient (Wildman–Crippen LogP) is 2.29. The number of hydrogen-bond acceptors (Lipinski definition) is 3. The van der Waals surface area contributed by atoms with E-state index < -0.39 is 5.60 Å². The van der Waals surface area contributed by atoms with Crippen LogP contribution in [0.25, 0.3) is 0 Å². The number of carbonyl (C=O) groups excluding carboxylic acids is 1. The molecule has 0 aromatic heterocycles. The zero-order chi connectivity index (χ0) is 13.8. The van der Waals surface area contributed by atoms with Crippen LogP contribution < -0.4 is 0 Å². The van der Waals surface area contributed by atoms with Crippen molar-refractivity contribution in [2.75, 3.05) is 6.61 Å². The minimum absolute atomic E-state index is 0.345. The highest BCUT2D eigenvalue weighted by molar-refractivity contribution is 5.90. The first-order valence-corrected chi connectivity index (χ1v) is 5.87. The average Bonchev–Trinajstić information content (AvgIpc) is 2.27. The van der Waals surface area contributed by atoms with Gasteiger partial charge >= 0.3 is 5.97 Å². The van der Waals surface area contributed by atoms with Gasteiger partial charge in [0.15, 0.2) is 0 Å². The molecular weight excluding hydrogens is 228 g/mol. The van der Waals surface area contributed by atoms with Gasteiger partial charge in [-0.15, -0.1) is 0 Å². The fourth-order valence-electron chi connectivity index (χ4n) is 1.32. The largest absolute Gasteiger partial charge is 0.462 e. The first kappa shape index (κ1) is 14.3. The normalized spacial score (nSPS) is 10.5. The summed E-state index contributed by atoms with van der Waals surface area (Å²) in [6, 6.07) is 5.22. The van der Waals surface area contributed by atoms with Crippen LogP contribution in [-0.2, 0) is 4.74 Å². The summed E-state index contributed by atoms with van der Waals surface area (Å²) in [7, 11) is 0. The lowest BCUT2D eigenvalue weighted by Gasteiger charge is -2.07. The highest BCUT2D eigenvalue weighted by Gasteiger charge is 2.09. The summed E-state index contributed by atoms with van der Waals surface area (Å²) in [5.74, 6) is 5.26. The zero-order valence-corrected chi connectivity index (χ0v) is 11.2. The number of esters is 1. The SMILES string of the molecule is CCOC(=O)c1ccc(C)c(C#CC(C)(C)O)c1. The van der Waals surface area contributed by atoms with Gasteiger partial charge in [0.05, 0.1) is 12.2 Å². The average molecular weight is 246 g/mol. The fraction of sp³-hybridized carbons (Fsp3) is 0.400. The molecule has 1 aromatic carbocycles. The molecule has 0 unspecified atom stereocenters. The van der Waals surface area contributed by atoms with Gasteiger partial charge in [-0.25, -0.2) is 4.79 Å². The minimum Gasteiger partial charge on any atom is -0.462 e. The third-order valence-corrected chi connectivity index (χ3v) is 2.25. The Morgan fingerprint density at radius 1 is 1.44 bits per heavy atom. The summed E-state index contributed by atoms with van der Waals surface area (Å²) in [6.07, 6.45) is 0. The lowest BCUT2D eigenvalue weighted by atomic mass is 10.0. The van der Waals surface area contributed by atoms with Gasteiger partial charge in [-0.1, -0.05) is 17.9 Å². The molecule has 1 aromatic rings. The van der Waals surface area contributed by atoms with Gasteiger partial charge in [-0.3, -0.25) is 0 Å². The van der Waals surface area contributed by atoms with Crippen molar-refractivity contribution in [3.05, 3.63) is 34.9 Å².